The molecule has 0 bridgehead atoms. The Labute approximate surface area is 106 Å². The van der Waals surface area contributed by atoms with Crippen molar-refractivity contribution in [1.82, 2.24) is 0 Å². The fourth-order valence-corrected chi connectivity index (χ4v) is 1.68. The number of aliphatic hydroxyl groups excluding tert-OH is 1. The molecule has 0 aliphatic carbocycles. The summed E-state index contributed by atoms with van der Waals surface area (Å²) in [6.45, 7) is -0.114. The van der Waals surface area contributed by atoms with Crippen molar-refractivity contribution in [1.29, 1.82) is 0 Å². The average Bonchev–Trinajstić information content (AvgIpc) is 2.43. The number of carbonyl (C=O) groups is 1. The lowest BCUT2D eigenvalue weighted by Gasteiger charge is -2.13. The molecule has 0 saturated carbocycles. The minimum atomic E-state index is -0.284. The maximum absolute atomic E-state index is 11.1. The number of esters is 1. The van der Waals surface area contributed by atoms with Crippen LogP contribution in [0.3, 0.4) is 0 Å². The zero-order valence-electron chi connectivity index (χ0n) is 10.9. The summed E-state index contributed by atoms with van der Waals surface area (Å²) in [7, 11) is 4.43. The van der Waals surface area contributed by atoms with Gasteiger partial charge in [0.1, 0.15) is 0 Å². The van der Waals surface area contributed by atoms with Crippen molar-refractivity contribution < 1.29 is 24.1 Å². The van der Waals surface area contributed by atoms with Gasteiger partial charge >= 0.3 is 5.97 Å². The average molecular weight is 254 g/mol. The summed E-state index contributed by atoms with van der Waals surface area (Å²) in [5.41, 5.74) is 1.57. The van der Waals surface area contributed by atoms with Crippen molar-refractivity contribution in [3.63, 3.8) is 0 Å². The van der Waals surface area contributed by atoms with Crippen molar-refractivity contribution >= 4 is 5.97 Å². The van der Waals surface area contributed by atoms with Crippen LogP contribution in [0, 0.1) is 0 Å². The van der Waals surface area contributed by atoms with Gasteiger partial charge in [-0.05, 0) is 29.7 Å². The largest absolute Gasteiger partial charge is 0.493 e. The first-order chi connectivity index (χ1) is 8.65. The lowest BCUT2D eigenvalue weighted by Crippen LogP contribution is -2.05. The molecule has 0 aromatic heterocycles. The van der Waals surface area contributed by atoms with E-state index in [1.807, 2.05) is 0 Å². The van der Waals surface area contributed by atoms with E-state index in [9.17, 15) is 9.90 Å². The quantitative estimate of drug-likeness (QED) is 0.775. The van der Waals surface area contributed by atoms with Gasteiger partial charge in [-0.1, -0.05) is 0 Å². The Balaban J connectivity index is 2.98. The third-order valence-corrected chi connectivity index (χ3v) is 2.70. The van der Waals surface area contributed by atoms with E-state index in [0.717, 1.165) is 11.1 Å². The van der Waals surface area contributed by atoms with Crippen molar-refractivity contribution in [2.75, 3.05) is 21.3 Å². The van der Waals surface area contributed by atoms with Crippen molar-refractivity contribution in [3.8, 4) is 11.5 Å². The smallest absolute Gasteiger partial charge is 0.305 e. The number of aryl methyl sites for hydroxylation is 1. The molecule has 0 spiro atoms. The predicted molar refractivity (Wildman–Crippen MR) is 65.8 cm³/mol. The second-order valence-electron chi connectivity index (χ2n) is 3.71. The van der Waals surface area contributed by atoms with E-state index in [4.69, 9.17) is 9.47 Å². The molecule has 5 nitrogen and oxygen atoms in total. The number of aliphatic hydroxyl groups is 1. The van der Waals surface area contributed by atoms with Crippen LogP contribution in [0.2, 0.25) is 0 Å². The highest BCUT2D eigenvalue weighted by Gasteiger charge is 2.12. The highest BCUT2D eigenvalue weighted by Crippen LogP contribution is 2.31. The topological polar surface area (TPSA) is 65.0 Å². The molecule has 0 atom stereocenters. The highest BCUT2D eigenvalue weighted by atomic mass is 16.5. The fraction of sp³-hybridized carbons (Fsp3) is 0.462. The molecule has 1 aromatic rings. The SMILES string of the molecule is COC(=O)CCc1cc(OC)c(OC)cc1CO. The minimum Gasteiger partial charge on any atom is -0.493 e. The van der Waals surface area contributed by atoms with Gasteiger partial charge in [0.15, 0.2) is 11.5 Å². The minimum absolute atomic E-state index is 0.114. The zero-order chi connectivity index (χ0) is 13.5. The third kappa shape index (κ3) is 3.37. The van der Waals surface area contributed by atoms with E-state index in [0.29, 0.717) is 17.9 Å². The van der Waals surface area contributed by atoms with E-state index >= 15 is 0 Å². The summed E-state index contributed by atoms with van der Waals surface area (Å²) in [4.78, 5) is 11.1. The Kier molecular flexibility index (Phi) is 5.45. The van der Waals surface area contributed by atoms with Crippen LogP contribution in [-0.2, 0) is 22.6 Å². The second-order valence-corrected chi connectivity index (χ2v) is 3.71. The van der Waals surface area contributed by atoms with Gasteiger partial charge in [-0.15, -0.1) is 0 Å². The molecule has 0 saturated heterocycles. The zero-order valence-corrected chi connectivity index (χ0v) is 10.9. The molecule has 0 radical (unpaired) electrons. The standard InChI is InChI=1S/C13H18O5/c1-16-11-6-9(4-5-13(15)18-3)10(8-14)7-12(11)17-2/h6-7,14H,4-5,8H2,1-3H3. The summed E-state index contributed by atoms with van der Waals surface area (Å²) in [6, 6.07) is 3.48. The van der Waals surface area contributed by atoms with E-state index in [1.54, 1.807) is 19.2 Å². The van der Waals surface area contributed by atoms with Crippen LogP contribution in [0.5, 0.6) is 11.5 Å². The van der Waals surface area contributed by atoms with Crippen LogP contribution in [0.25, 0.3) is 0 Å². The van der Waals surface area contributed by atoms with Crippen molar-refractivity contribution in [2.45, 2.75) is 19.4 Å². The van der Waals surface area contributed by atoms with Gasteiger partial charge in [0, 0.05) is 6.42 Å². The molecule has 0 unspecified atom stereocenters. The van der Waals surface area contributed by atoms with Crippen LogP contribution in [0.1, 0.15) is 17.5 Å². The summed E-state index contributed by atoms with van der Waals surface area (Å²) in [5, 5.41) is 9.31. The lowest BCUT2D eigenvalue weighted by molar-refractivity contribution is -0.140. The molecule has 0 amide bonds. The second kappa shape index (κ2) is 6.86. The number of carbonyl (C=O) groups excluding carboxylic acids is 1. The Bertz CT molecular complexity index is 414. The van der Waals surface area contributed by atoms with Gasteiger partial charge in [-0.3, -0.25) is 4.79 Å². The Hall–Kier alpha value is -1.75. The van der Waals surface area contributed by atoms with E-state index in [2.05, 4.69) is 4.74 Å². The molecular weight excluding hydrogens is 236 g/mol. The molecular formula is C13H18O5. The van der Waals surface area contributed by atoms with Gasteiger partial charge in [-0.2, -0.15) is 0 Å². The summed E-state index contributed by atoms with van der Waals surface area (Å²) >= 11 is 0. The molecule has 0 fully saturated rings. The molecule has 5 heteroatoms. The first kappa shape index (κ1) is 14.3. The van der Waals surface area contributed by atoms with E-state index in [-0.39, 0.29) is 19.0 Å². The van der Waals surface area contributed by atoms with Crippen LogP contribution < -0.4 is 9.47 Å². The number of methoxy groups -OCH3 is 3. The Morgan fingerprint density at radius 1 is 1.11 bits per heavy atom. The number of ether oxygens (including phenoxy) is 3. The number of benzene rings is 1. The van der Waals surface area contributed by atoms with Gasteiger partial charge in [0.2, 0.25) is 0 Å². The monoisotopic (exact) mass is 254 g/mol. The van der Waals surface area contributed by atoms with Gasteiger partial charge < -0.3 is 19.3 Å². The van der Waals surface area contributed by atoms with Gasteiger partial charge in [0.25, 0.3) is 0 Å². The van der Waals surface area contributed by atoms with Crippen LogP contribution in [-0.4, -0.2) is 32.4 Å². The molecule has 0 heterocycles. The van der Waals surface area contributed by atoms with Gasteiger partial charge in [-0.25, -0.2) is 0 Å². The van der Waals surface area contributed by atoms with Crippen LogP contribution in [0.4, 0.5) is 0 Å². The number of hydrogen-bond acceptors (Lipinski definition) is 5. The van der Waals surface area contributed by atoms with Crippen molar-refractivity contribution in [2.24, 2.45) is 0 Å². The highest BCUT2D eigenvalue weighted by molar-refractivity contribution is 5.69. The van der Waals surface area contributed by atoms with Crippen LogP contribution in [0.15, 0.2) is 12.1 Å². The molecule has 1 aromatic carbocycles. The van der Waals surface area contributed by atoms with Gasteiger partial charge in [0.05, 0.1) is 27.9 Å². The normalized spacial score (nSPS) is 10.0. The Morgan fingerprint density at radius 3 is 2.11 bits per heavy atom. The van der Waals surface area contributed by atoms with Crippen molar-refractivity contribution in [3.05, 3.63) is 23.3 Å². The van der Waals surface area contributed by atoms with E-state index < -0.39 is 0 Å². The predicted octanol–water partition coefficient (Wildman–Crippen LogP) is 1.30. The van der Waals surface area contributed by atoms with E-state index in [1.165, 1.54) is 14.2 Å². The first-order valence-corrected chi connectivity index (χ1v) is 5.57. The Morgan fingerprint density at radius 2 is 1.67 bits per heavy atom. The molecule has 1 N–H and O–H groups in total. The third-order valence-electron chi connectivity index (χ3n) is 2.70. The molecule has 0 aliphatic heterocycles. The molecule has 1 rings (SSSR count). The summed E-state index contributed by atoms with van der Waals surface area (Å²) in [6.07, 6.45) is 0.752. The maximum Gasteiger partial charge on any atom is 0.305 e. The van der Waals surface area contributed by atoms with Crippen LogP contribution >= 0.6 is 0 Å². The first-order valence-electron chi connectivity index (χ1n) is 5.57. The molecule has 18 heavy (non-hydrogen) atoms. The molecule has 100 valence electrons. The number of rotatable bonds is 6. The maximum atomic E-state index is 11.1. The molecule has 0 aliphatic rings. The fourth-order valence-electron chi connectivity index (χ4n) is 1.68. The number of hydrogen-bond donors (Lipinski definition) is 1. The lowest BCUT2D eigenvalue weighted by atomic mass is 10.0. The summed E-state index contributed by atoms with van der Waals surface area (Å²) in [5.74, 6) is 0.853. The summed E-state index contributed by atoms with van der Waals surface area (Å²) < 4.78 is 14.9.